The molecule has 1 amide bonds. The number of benzene rings is 2. The number of rotatable bonds is 3. The van der Waals surface area contributed by atoms with Crippen LogP contribution >= 0.6 is 11.3 Å². The first kappa shape index (κ1) is 14.5. The smallest absolute Gasteiger partial charge is 0.322 e. The standard InChI is InChI=1S/C17H12N4O2S/c1-10-2-4-11(5-3-10)16-20-21-17(23-16)19-15(22)12-6-7-13-14(8-12)24-9-18-13/h2-9H,1H3,(H,19,21,22). The first-order chi connectivity index (χ1) is 11.7. The molecule has 24 heavy (non-hydrogen) atoms. The lowest BCUT2D eigenvalue weighted by Gasteiger charge is -2.00. The molecule has 2 aromatic carbocycles. The average molecular weight is 336 g/mol. The molecule has 0 atom stereocenters. The molecule has 118 valence electrons. The highest BCUT2D eigenvalue weighted by Gasteiger charge is 2.13. The maximum atomic E-state index is 12.3. The molecule has 7 heteroatoms. The number of amides is 1. The zero-order chi connectivity index (χ0) is 16.5. The zero-order valence-corrected chi connectivity index (χ0v) is 13.5. The molecule has 2 heterocycles. The summed E-state index contributed by atoms with van der Waals surface area (Å²) in [5, 5.41) is 10.5. The van der Waals surface area contributed by atoms with E-state index in [9.17, 15) is 4.79 Å². The number of thiazole rings is 1. The minimum atomic E-state index is -0.301. The molecule has 0 unspecified atom stereocenters. The van der Waals surface area contributed by atoms with Crippen molar-refractivity contribution in [1.82, 2.24) is 15.2 Å². The van der Waals surface area contributed by atoms with Gasteiger partial charge in [-0.25, -0.2) is 4.98 Å². The van der Waals surface area contributed by atoms with E-state index in [0.29, 0.717) is 11.5 Å². The minimum Gasteiger partial charge on any atom is -0.403 e. The highest BCUT2D eigenvalue weighted by atomic mass is 32.1. The molecule has 0 saturated carbocycles. The van der Waals surface area contributed by atoms with Gasteiger partial charge in [0.05, 0.1) is 15.7 Å². The van der Waals surface area contributed by atoms with Gasteiger partial charge in [0.25, 0.3) is 5.91 Å². The second-order valence-electron chi connectivity index (χ2n) is 5.27. The van der Waals surface area contributed by atoms with Crippen molar-refractivity contribution in [2.24, 2.45) is 0 Å². The fourth-order valence-electron chi connectivity index (χ4n) is 2.25. The first-order valence-corrected chi connectivity index (χ1v) is 8.12. The number of anilines is 1. The van der Waals surface area contributed by atoms with Gasteiger partial charge in [-0.05, 0) is 37.3 Å². The van der Waals surface area contributed by atoms with E-state index in [1.165, 1.54) is 11.3 Å². The third-order valence-electron chi connectivity index (χ3n) is 3.54. The maximum absolute atomic E-state index is 12.3. The summed E-state index contributed by atoms with van der Waals surface area (Å²) in [5.74, 6) is 0.0626. The predicted molar refractivity (Wildman–Crippen MR) is 92.0 cm³/mol. The summed E-state index contributed by atoms with van der Waals surface area (Å²) in [6.07, 6.45) is 0. The molecular weight excluding hydrogens is 324 g/mol. The molecule has 4 rings (SSSR count). The molecule has 0 spiro atoms. The van der Waals surface area contributed by atoms with Gasteiger partial charge in [-0.2, -0.15) is 0 Å². The molecule has 0 radical (unpaired) electrons. The Morgan fingerprint density at radius 2 is 1.96 bits per heavy atom. The van der Waals surface area contributed by atoms with E-state index in [0.717, 1.165) is 21.3 Å². The van der Waals surface area contributed by atoms with Crippen LogP contribution in [0.3, 0.4) is 0 Å². The summed E-state index contributed by atoms with van der Waals surface area (Å²) in [5.41, 5.74) is 5.08. The lowest BCUT2D eigenvalue weighted by molar-refractivity contribution is 0.102. The third-order valence-corrected chi connectivity index (χ3v) is 4.33. The third kappa shape index (κ3) is 2.77. The molecule has 2 aromatic heterocycles. The number of aromatic nitrogens is 3. The van der Waals surface area contributed by atoms with Crippen molar-refractivity contribution >= 4 is 33.5 Å². The minimum absolute atomic E-state index is 0.0694. The number of carbonyl (C=O) groups is 1. The Morgan fingerprint density at radius 1 is 1.12 bits per heavy atom. The summed E-state index contributed by atoms with van der Waals surface area (Å²) < 4.78 is 6.46. The van der Waals surface area contributed by atoms with E-state index in [2.05, 4.69) is 20.5 Å². The molecule has 1 N–H and O–H groups in total. The van der Waals surface area contributed by atoms with Crippen LogP contribution in [0.2, 0.25) is 0 Å². The fraction of sp³-hybridized carbons (Fsp3) is 0.0588. The van der Waals surface area contributed by atoms with E-state index >= 15 is 0 Å². The Kier molecular flexibility index (Phi) is 3.55. The van der Waals surface area contributed by atoms with Crippen LogP contribution in [0, 0.1) is 6.92 Å². The summed E-state index contributed by atoms with van der Waals surface area (Å²) in [4.78, 5) is 16.5. The lowest BCUT2D eigenvalue weighted by atomic mass is 10.1. The number of fused-ring (bicyclic) bond motifs is 1. The summed E-state index contributed by atoms with van der Waals surface area (Å²) >= 11 is 1.49. The molecular formula is C17H12N4O2S. The predicted octanol–water partition coefficient (Wildman–Crippen LogP) is 3.91. The van der Waals surface area contributed by atoms with Crippen molar-refractivity contribution in [2.45, 2.75) is 6.92 Å². The Labute approximate surface area is 141 Å². The largest absolute Gasteiger partial charge is 0.403 e. The van der Waals surface area contributed by atoms with Gasteiger partial charge >= 0.3 is 6.01 Å². The van der Waals surface area contributed by atoms with Crippen molar-refractivity contribution in [1.29, 1.82) is 0 Å². The maximum Gasteiger partial charge on any atom is 0.322 e. The van der Waals surface area contributed by atoms with Crippen LogP contribution in [0.25, 0.3) is 21.7 Å². The topological polar surface area (TPSA) is 80.9 Å². The average Bonchev–Trinajstić information content (AvgIpc) is 3.24. The number of nitrogens with zero attached hydrogens (tertiary/aromatic N) is 3. The number of carbonyl (C=O) groups excluding carboxylic acids is 1. The van der Waals surface area contributed by atoms with Gasteiger partial charge in [0.15, 0.2) is 0 Å². The number of hydrogen-bond acceptors (Lipinski definition) is 6. The van der Waals surface area contributed by atoms with Crippen molar-refractivity contribution in [3.05, 3.63) is 59.1 Å². The monoisotopic (exact) mass is 336 g/mol. The van der Waals surface area contributed by atoms with Crippen LogP contribution in [0.5, 0.6) is 0 Å². The second-order valence-corrected chi connectivity index (χ2v) is 6.15. The van der Waals surface area contributed by atoms with Crippen molar-refractivity contribution in [2.75, 3.05) is 5.32 Å². The van der Waals surface area contributed by atoms with Crippen LogP contribution in [0.4, 0.5) is 6.01 Å². The molecule has 0 aliphatic rings. The molecule has 4 aromatic rings. The van der Waals surface area contributed by atoms with E-state index in [4.69, 9.17) is 4.42 Å². The molecule has 0 bridgehead atoms. The van der Waals surface area contributed by atoms with Crippen molar-refractivity contribution in [3.8, 4) is 11.5 Å². The SMILES string of the molecule is Cc1ccc(-c2nnc(NC(=O)c3ccc4ncsc4c3)o2)cc1. The van der Waals surface area contributed by atoms with E-state index in [1.54, 1.807) is 17.6 Å². The van der Waals surface area contributed by atoms with Crippen molar-refractivity contribution < 1.29 is 9.21 Å². The van der Waals surface area contributed by atoms with Gasteiger partial charge < -0.3 is 4.42 Å². The van der Waals surface area contributed by atoms with E-state index < -0.39 is 0 Å². The van der Waals surface area contributed by atoms with Gasteiger partial charge in [0, 0.05) is 11.1 Å². The lowest BCUT2D eigenvalue weighted by Crippen LogP contribution is -2.11. The second kappa shape index (κ2) is 5.86. The Morgan fingerprint density at radius 3 is 2.79 bits per heavy atom. The molecule has 0 fully saturated rings. The van der Waals surface area contributed by atoms with Gasteiger partial charge in [0.1, 0.15) is 0 Å². The van der Waals surface area contributed by atoms with Crippen molar-refractivity contribution in [3.63, 3.8) is 0 Å². The first-order valence-electron chi connectivity index (χ1n) is 7.24. The van der Waals surface area contributed by atoms with Gasteiger partial charge in [0.2, 0.25) is 5.89 Å². The summed E-state index contributed by atoms with van der Waals surface area (Å²) in [6, 6.07) is 13.1. The fourth-order valence-corrected chi connectivity index (χ4v) is 2.97. The Bertz CT molecular complexity index is 1020. The summed E-state index contributed by atoms with van der Waals surface area (Å²) in [7, 11) is 0. The normalized spacial score (nSPS) is 10.9. The van der Waals surface area contributed by atoms with Gasteiger partial charge in [-0.3, -0.25) is 10.1 Å². The summed E-state index contributed by atoms with van der Waals surface area (Å²) in [6.45, 7) is 2.00. The molecule has 0 aliphatic carbocycles. The molecule has 6 nitrogen and oxygen atoms in total. The van der Waals surface area contributed by atoms with Crippen LogP contribution in [0.15, 0.2) is 52.4 Å². The highest BCUT2D eigenvalue weighted by molar-refractivity contribution is 7.16. The number of nitrogens with one attached hydrogen (secondary N) is 1. The highest BCUT2D eigenvalue weighted by Crippen LogP contribution is 2.22. The Hall–Kier alpha value is -3.06. The molecule has 0 aliphatic heterocycles. The quantitative estimate of drug-likeness (QED) is 0.613. The van der Waals surface area contributed by atoms with Gasteiger partial charge in [-0.1, -0.05) is 22.8 Å². The van der Waals surface area contributed by atoms with Crippen LogP contribution in [-0.4, -0.2) is 21.1 Å². The van der Waals surface area contributed by atoms with E-state index in [1.807, 2.05) is 37.3 Å². The van der Waals surface area contributed by atoms with Crippen LogP contribution in [-0.2, 0) is 0 Å². The number of hydrogen-bond donors (Lipinski definition) is 1. The van der Waals surface area contributed by atoms with Gasteiger partial charge in [-0.15, -0.1) is 16.4 Å². The van der Waals surface area contributed by atoms with Crippen LogP contribution in [0.1, 0.15) is 15.9 Å². The van der Waals surface area contributed by atoms with Crippen LogP contribution < -0.4 is 5.32 Å². The zero-order valence-electron chi connectivity index (χ0n) is 12.7. The van der Waals surface area contributed by atoms with E-state index in [-0.39, 0.29) is 11.9 Å². The molecule has 0 saturated heterocycles. The Balaban J connectivity index is 1.54. The number of aryl methyl sites for hydroxylation is 1.